The smallest absolute Gasteiger partial charge is 0.152 e. The molecule has 0 amide bonds. The molecule has 81 valence electrons. The Hall–Kier alpha value is -2.35. The second-order valence-corrected chi connectivity index (χ2v) is 3.85. The maximum Gasteiger partial charge on any atom is 0.152 e. The van der Waals surface area contributed by atoms with Crippen molar-refractivity contribution in [2.24, 2.45) is 0 Å². The number of benzene rings is 2. The van der Waals surface area contributed by atoms with Gasteiger partial charge in [-0.15, -0.1) is 0 Å². The first-order valence-electron chi connectivity index (χ1n) is 5.42. The SMILES string of the molecule is O=Cc1c[c]ccc1-n1ccc2ccccc21. The van der Waals surface area contributed by atoms with Crippen LogP contribution >= 0.6 is 0 Å². The van der Waals surface area contributed by atoms with Gasteiger partial charge in [-0.1, -0.05) is 24.3 Å². The molecule has 3 aromatic rings. The number of hydrogen-bond acceptors (Lipinski definition) is 1. The van der Waals surface area contributed by atoms with Crippen molar-refractivity contribution in [2.45, 2.75) is 0 Å². The zero-order chi connectivity index (χ0) is 11.7. The van der Waals surface area contributed by atoms with Crippen LogP contribution in [-0.4, -0.2) is 10.9 Å². The van der Waals surface area contributed by atoms with E-state index in [1.54, 1.807) is 6.07 Å². The summed E-state index contributed by atoms with van der Waals surface area (Å²) < 4.78 is 2.02. The molecule has 0 bridgehead atoms. The minimum absolute atomic E-state index is 0.647. The van der Waals surface area contributed by atoms with Gasteiger partial charge < -0.3 is 4.57 Å². The normalized spacial score (nSPS) is 10.6. The van der Waals surface area contributed by atoms with Gasteiger partial charge in [0.1, 0.15) is 0 Å². The van der Waals surface area contributed by atoms with Gasteiger partial charge >= 0.3 is 0 Å². The molecule has 1 radical (unpaired) electrons. The van der Waals surface area contributed by atoms with Gasteiger partial charge in [-0.2, -0.15) is 0 Å². The third-order valence-corrected chi connectivity index (χ3v) is 2.86. The number of rotatable bonds is 2. The number of carbonyl (C=O) groups is 1. The van der Waals surface area contributed by atoms with E-state index in [-0.39, 0.29) is 0 Å². The Morgan fingerprint density at radius 1 is 1.12 bits per heavy atom. The van der Waals surface area contributed by atoms with Crippen LogP contribution in [0.5, 0.6) is 0 Å². The van der Waals surface area contributed by atoms with Crippen molar-refractivity contribution in [1.82, 2.24) is 4.57 Å². The van der Waals surface area contributed by atoms with Crippen LogP contribution in [0, 0.1) is 6.07 Å². The fourth-order valence-corrected chi connectivity index (χ4v) is 2.04. The van der Waals surface area contributed by atoms with Crippen molar-refractivity contribution in [3.05, 3.63) is 66.4 Å². The molecule has 2 aromatic carbocycles. The summed E-state index contributed by atoms with van der Waals surface area (Å²) in [5, 5.41) is 1.16. The lowest BCUT2D eigenvalue weighted by Crippen LogP contribution is -1.96. The highest BCUT2D eigenvalue weighted by Crippen LogP contribution is 2.21. The second kappa shape index (κ2) is 3.91. The average molecular weight is 220 g/mol. The summed E-state index contributed by atoms with van der Waals surface area (Å²) in [5.74, 6) is 0. The van der Waals surface area contributed by atoms with E-state index >= 15 is 0 Å². The molecule has 0 aliphatic heterocycles. The number of aldehydes is 1. The van der Waals surface area contributed by atoms with E-state index in [2.05, 4.69) is 12.1 Å². The van der Waals surface area contributed by atoms with Crippen LogP contribution in [0.3, 0.4) is 0 Å². The number of fused-ring (bicyclic) bond motifs is 1. The molecular weight excluding hydrogens is 210 g/mol. The third kappa shape index (κ3) is 1.54. The Kier molecular flexibility index (Phi) is 2.26. The van der Waals surface area contributed by atoms with Gasteiger partial charge in [0.2, 0.25) is 0 Å². The van der Waals surface area contributed by atoms with Crippen LogP contribution in [0.2, 0.25) is 0 Å². The highest BCUT2D eigenvalue weighted by Gasteiger charge is 2.05. The molecule has 1 aromatic heterocycles. The Morgan fingerprint density at radius 3 is 2.88 bits per heavy atom. The summed E-state index contributed by atoms with van der Waals surface area (Å²) in [6, 6.07) is 18.5. The Labute approximate surface area is 99.1 Å². The monoisotopic (exact) mass is 220 g/mol. The zero-order valence-corrected chi connectivity index (χ0v) is 9.13. The summed E-state index contributed by atoms with van der Waals surface area (Å²) in [6.07, 6.45) is 2.84. The topological polar surface area (TPSA) is 22.0 Å². The Morgan fingerprint density at radius 2 is 2.00 bits per heavy atom. The largest absolute Gasteiger partial charge is 0.316 e. The van der Waals surface area contributed by atoms with Crippen LogP contribution in [-0.2, 0) is 0 Å². The minimum atomic E-state index is 0.647. The van der Waals surface area contributed by atoms with E-state index in [4.69, 9.17) is 0 Å². The fourth-order valence-electron chi connectivity index (χ4n) is 2.04. The highest BCUT2D eigenvalue weighted by molar-refractivity contribution is 5.86. The second-order valence-electron chi connectivity index (χ2n) is 3.85. The van der Waals surface area contributed by atoms with Crippen molar-refractivity contribution in [2.75, 3.05) is 0 Å². The molecule has 2 heteroatoms. The maximum absolute atomic E-state index is 11.0. The van der Waals surface area contributed by atoms with Crippen molar-refractivity contribution in [3.63, 3.8) is 0 Å². The lowest BCUT2D eigenvalue weighted by Gasteiger charge is -2.07. The zero-order valence-electron chi connectivity index (χ0n) is 9.13. The van der Waals surface area contributed by atoms with Gasteiger partial charge in [-0.25, -0.2) is 0 Å². The molecular formula is C15H10NO. The van der Waals surface area contributed by atoms with E-state index in [0.717, 1.165) is 22.9 Å². The van der Waals surface area contributed by atoms with Gasteiger partial charge in [-0.3, -0.25) is 4.79 Å². The number of aromatic nitrogens is 1. The van der Waals surface area contributed by atoms with Crippen LogP contribution in [0.1, 0.15) is 10.4 Å². The molecule has 17 heavy (non-hydrogen) atoms. The standard InChI is InChI=1S/C15H10NO/c17-11-13-6-2-4-8-15(13)16-10-9-12-5-1-3-7-14(12)16/h1,3-11H. The lowest BCUT2D eigenvalue weighted by molar-refractivity contribution is 0.112. The summed E-state index contributed by atoms with van der Waals surface area (Å²) in [6.45, 7) is 0. The molecule has 0 unspecified atom stereocenters. The van der Waals surface area contributed by atoms with Crippen LogP contribution < -0.4 is 0 Å². The molecule has 0 N–H and O–H groups in total. The first-order valence-corrected chi connectivity index (χ1v) is 5.42. The van der Waals surface area contributed by atoms with E-state index in [0.29, 0.717) is 5.56 Å². The first kappa shape index (κ1) is 9.85. The van der Waals surface area contributed by atoms with E-state index in [1.807, 2.05) is 47.2 Å². The summed E-state index contributed by atoms with van der Waals surface area (Å²) in [4.78, 5) is 11.0. The molecule has 3 rings (SSSR count). The molecule has 0 spiro atoms. The third-order valence-electron chi connectivity index (χ3n) is 2.86. The van der Waals surface area contributed by atoms with Crippen LogP contribution in [0.25, 0.3) is 16.6 Å². The summed E-state index contributed by atoms with van der Waals surface area (Å²) in [7, 11) is 0. The van der Waals surface area contributed by atoms with Gasteiger partial charge in [0.05, 0.1) is 11.2 Å². The molecule has 0 saturated carbocycles. The predicted molar refractivity (Wildman–Crippen MR) is 67.5 cm³/mol. The van der Waals surface area contributed by atoms with E-state index in [1.165, 1.54) is 0 Å². The van der Waals surface area contributed by atoms with Crippen molar-refractivity contribution >= 4 is 17.2 Å². The van der Waals surface area contributed by atoms with E-state index in [9.17, 15) is 4.79 Å². The quantitative estimate of drug-likeness (QED) is 0.608. The number of para-hydroxylation sites is 1. The Bertz CT molecular complexity index is 682. The van der Waals surface area contributed by atoms with Gasteiger partial charge in [0, 0.05) is 11.8 Å². The average Bonchev–Trinajstić information content (AvgIpc) is 2.82. The fraction of sp³-hybridized carbons (Fsp3) is 0. The molecule has 0 atom stereocenters. The molecule has 2 nitrogen and oxygen atoms in total. The van der Waals surface area contributed by atoms with Crippen molar-refractivity contribution in [1.29, 1.82) is 0 Å². The van der Waals surface area contributed by atoms with Gasteiger partial charge in [-0.05, 0) is 35.7 Å². The molecule has 0 aliphatic carbocycles. The van der Waals surface area contributed by atoms with Crippen LogP contribution in [0.15, 0.2) is 54.7 Å². The molecule has 0 fully saturated rings. The van der Waals surface area contributed by atoms with Crippen molar-refractivity contribution in [3.8, 4) is 5.69 Å². The van der Waals surface area contributed by atoms with Gasteiger partial charge in [0.15, 0.2) is 6.29 Å². The molecule has 0 aliphatic rings. The molecule has 0 saturated heterocycles. The number of carbonyl (C=O) groups excluding carboxylic acids is 1. The Balaban J connectivity index is 2.31. The molecule has 1 heterocycles. The number of nitrogens with zero attached hydrogens (tertiary/aromatic N) is 1. The predicted octanol–water partition coefficient (Wildman–Crippen LogP) is 3.24. The highest BCUT2D eigenvalue weighted by atomic mass is 16.1. The first-order chi connectivity index (χ1) is 8.40. The summed E-state index contributed by atoms with van der Waals surface area (Å²) in [5.41, 5.74) is 2.63. The van der Waals surface area contributed by atoms with E-state index < -0.39 is 0 Å². The van der Waals surface area contributed by atoms with Crippen molar-refractivity contribution < 1.29 is 4.79 Å². The van der Waals surface area contributed by atoms with Crippen LogP contribution in [0.4, 0.5) is 0 Å². The van der Waals surface area contributed by atoms with Gasteiger partial charge in [0.25, 0.3) is 0 Å². The maximum atomic E-state index is 11.0. The summed E-state index contributed by atoms with van der Waals surface area (Å²) >= 11 is 0. The number of hydrogen-bond donors (Lipinski definition) is 0. The minimum Gasteiger partial charge on any atom is -0.316 e. The lowest BCUT2D eigenvalue weighted by atomic mass is 10.2.